The van der Waals surface area contributed by atoms with E-state index >= 15 is 0 Å². The molecule has 1 fully saturated rings. The van der Waals surface area contributed by atoms with Crippen molar-refractivity contribution in [1.82, 2.24) is 15.0 Å². The minimum Gasteiger partial charge on any atom is -0.494 e. The number of hydrogen-bond donors (Lipinski definition) is 2. The van der Waals surface area contributed by atoms with E-state index in [4.69, 9.17) is 27.1 Å². The molecule has 1 aliphatic rings. The Morgan fingerprint density at radius 1 is 1.32 bits per heavy atom. The van der Waals surface area contributed by atoms with Gasteiger partial charge in [-0.25, -0.2) is 9.97 Å². The lowest BCUT2D eigenvalue weighted by Crippen LogP contribution is -2.47. The van der Waals surface area contributed by atoms with Gasteiger partial charge in [-0.15, -0.1) is 0 Å². The molecule has 0 saturated carbocycles. The molecule has 3 rings (SSSR count). The normalized spacial score (nSPS) is 17.5. The number of aryl methyl sites for hydroxylation is 1. The van der Waals surface area contributed by atoms with Gasteiger partial charge in [0, 0.05) is 30.9 Å². The third kappa shape index (κ3) is 3.79. The largest absolute Gasteiger partial charge is 0.494 e. The zero-order valence-corrected chi connectivity index (χ0v) is 17.6. The van der Waals surface area contributed by atoms with Gasteiger partial charge < -0.3 is 20.5 Å². The maximum Gasteiger partial charge on any atom is 0.156 e. The second kappa shape index (κ2) is 8.19. The maximum absolute atomic E-state index is 9.95. The number of aliphatic hydroxyl groups excluding tert-OH is 1. The smallest absolute Gasteiger partial charge is 0.156 e. The molecule has 3 heterocycles. The van der Waals surface area contributed by atoms with Crippen molar-refractivity contribution >= 4 is 17.4 Å². The van der Waals surface area contributed by atoms with E-state index in [2.05, 4.69) is 28.7 Å². The fourth-order valence-electron chi connectivity index (χ4n) is 3.57. The Labute approximate surface area is 170 Å². The van der Waals surface area contributed by atoms with Crippen LogP contribution in [0.4, 0.5) is 5.82 Å². The Bertz CT molecular complexity index is 851. The van der Waals surface area contributed by atoms with Crippen LogP contribution in [0.25, 0.3) is 11.3 Å². The summed E-state index contributed by atoms with van der Waals surface area (Å²) in [5.41, 5.74) is 8.79. The quantitative estimate of drug-likeness (QED) is 0.789. The zero-order chi connectivity index (χ0) is 20.5. The topological polar surface area (TPSA) is 97.4 Å². The number of halogens is 1. The number of methoxy groups -OCH3 is 1. The molecule has 0 unspecified atom stereocenters. The van der Waals surface area contributed by atoms with E-state index in [1.807, 2.05) is 6.92 Å². The highest BCUT2D eigenvalue weighted by atomic mass is 35.5. The first-order chi connectivity index (χ1) is 13.3. The van der Waals surface area contributed by atoms with Crippen molar-refractivity contribution in [1.29, 1.82) is 0 Å². The molecule has 3 N–H and O–H groups in total. The molecule has 152 valence electrons. The van der Waals surface area contributed by atoms with Crippen LogP contribution in [0.3, 0.4) is 0 Å². The summed E-state index contributed by atoms with van der Waals surface area (Å²) in [6, 6.07) is 0.143. The first-order valence-corrected chi connectivity index (χ1v) is 9.85. The number of hydrogen-bond acceptors (Lipinski definition) is 7. The van der Waals surface area contributed by atoms with Gasteiger partial charge in [0.15, 0.2) is 11.6 Å². The van der Waals surface area contributed by atoms with Crippen LogP contribution < -0.4 is 15.4 Å². The number of nitrogens with zero attached hydrogens (tertiary/aromatic N) is 4. The van der Waals surface area contributed by atoms with Gasteiger partial charge in [0.2, 0.25) is 0 Å². The van der Waals surface area contributed by atoms with Crippen molar-refractivity contribution in [2.24, 2.45) is 11.1 Å². The molecule has 1 atom stereocenters. The van der Waals surface area contributed by atoms with Gasteiger partial charge in [0.25, 0.3) is 0 Å². The van der Waals surface area contributed by atoms with Gasteiger partial charge in [-0.05, 0) is 32.1 Å². The Hall–Kier alpha value is -1.96. The summed E-state index contributed by atoms with van der Waals surface area (Å²) >= 11 is 6.44. The van der Waals surface area contributed by atoms with Gasteiger partial charge in [-0.3, -0.25) is 4.98 Å². The highest BCUT2D eigenvalue weighted by Crippen LogP contribution is 2.38. The van der Waals surface area contributed by atoms with Gasteiger partial charge in [-0.1, -0.05) is 18.5 Å². The average molecular weight is 406 g/mol. The lowest BCUT2D eigenvalue weighted by atomic mass is 9.75. The number of aliphatic hydroxyl groups is 1. The molecule has 0 spiro atoms. The van der Waals surface area contributed by atoms with Crippen molar-refractivity contribution in [2.45, 2.75) is 46.3 Å². The van der Waals surface area contributed by atoms with E-state index in [1.165, 1.54) is 0 Å². The Morgan fingerprint density at radius 3 is 2.57 bits per heavy atom. The number of anilines is 1. The molecule has 0 radical (unpaired) electrons. The molecule has 28 heavy (non-hydrogen) atoms. The number of piperidine rings is 1. The lowest BCUT2D eigenvalue weighted by Gasteiger charge is -2.42. The second-order valence-corrected chi connectivity index (χ2v) is 8.10. The summed E-state index contributed by atoms with van der Waals surface area (Å²) < 4.78 is 5.25. The van der Waals surface area contributed by atoms with Gasteiger partial charge in [0.05, 0.1) is 36.3 Å². The summed E-state index contributed by atoms with van der Waals surface area (Å²) in [5, 5.41) is 10.4. The van der Waals surface area contributed by atoms with E-state index in [-0.39, 0.29) is 18.1 Å². The fraction of sp³-hybridized carbons (Fsp3) is 0.550. The van der Waals surface area contributed by atoms with Gasteiger partial charge in [-0.2, -0.15) is 0 Å². The van der Waals surface area contributed by atoms with Crippen molar-refractivity contribution in [2.75, 3.05) is 25.1 Å². The lowest BCUT2D eigenvalue weighted by molar-refractivity contribution is 0.204. The van der Waals surface area contributed by atoms with E-state index < -0.39 is 0 Å². The Morgan fingerprint density at radius 2 is 2.00 bits per heavy atom. The molecule has 8 heteroatoms. The van der Waals surface area contributed by atoms with Crippen molar-refractivity contribution in [3.63, 3.8) is 0 Å². The van der Waals surface area contributed by atoms with Crippen molar-refractivity contribution in [3.8, 4) is 17.0 Å². The minimum absolute atomic E-state index is 0.123. The summed E-state index contributed by atoms with van der Waals surface area (Å²) in [7, 11) is 1.54. The molecule has 0 aromatic carbocycles. The summed E-state index contributed by atoms with van der Waals surface area (Å²) in [6.07, 6.45) is 5.14. The predicted octanol–water partition coefficient (Wildman–Crippen LogP) is 2.96. The minimum atomic E-state index is -0.203. The van der Waals surface area contributed by atoms with E-state index in [1.54, 1.807) is 19.5 Å². The van der Waals surface area contributed by atoms with E-state index in [0.29, 0.717) is 27.7 Å². The standard InChI is InChI=1S/C20H28ClN5O2/c1-12-18(14-9-23-10-16(28-4)17(14)21)25-15(11-27)19(24-12)26-7-5-20(3,6-8-26)13(2)22/h9-10,13,27H,5-8,11,22H2,1-4H3/t13-/m0/s1. The molecule has 7 nitrogen and oxygen atoms in total. The fourth-order valence-corrected chi connectivity index (χ4v) is 3.84. The summed E-state index contributed by atoms with van der Waals surface area (Å²) in [6.45, 7) is 7.66. The van der Waals surface area contributed by atoms with E-state index in [9.17, 15) is 5.11 Å². The third-order valence-corrected chi connectivity index (χ3v) is 6.29. The molecule has 0 amide bonds. The van der Waals surface area contributed by atoms with Gasteiger partial charge in [0.1, 0.15) is 5.69 Å². The molecule has 1 aliphatic heterocycles. The first kappa shape index (κ1) is 20.8. The van der Waals surface area contributed by atoms with Crippen LogP contribution in [0.2, 0.25) is 5.02 Å². The maximum atomic E-state index is 9.95. The van der Waals surface area contributed by atoms with Crippen LogP contribution in [0.1, 0.15) is 38.1 Å². The van der Waals surface area contributed by atoms with Crippen LogP contribution in [0.5, 0.6) is 5.75 Å². The Kier molecular flexibility index (Phi) is 6.07. The summed E-state index contributed by atoms with van der Waals surface area (Å²) in [5.74, 6) is 1.20. The molecule has 2 aromatic rings. The summed E-state index contributed by atoms with van der Waals surface area (Å²) in [4.78, 5) is 15.8. The molecule has 0 bridgehead atoms. The molecule has 1 saturated heterocycles. The third-order valence-electron chi connectivity index (χ3n) is 5.90. The first-order valence-electron chi connectivity index (χ1n) is 9.47. The predicted molar refractivity (Wildman–Crippen MR) is 111 cm³/mol. The molecule has 2 aromatic heterocycles. The second-order valence-electron chi connectivity index (χ2n) is 7.72. The number of nitrogens with two attached hydrogens (primary N) is 1. The van der Waals surface area contributed by atoms with Crippen LogP contribution in [0.15, 0.2) is 12.4 Å². The molecular formula is C20H28ClN5O2. The van der Waals surface area contributed by atoms with E-state index in [0.717, 1.165) is 37.4 Å². The molecule has 0 aliphatic carbocycles. The highest BCUT2D eigenvalue weighted by Gasteiger charge is 2.34. The van der Waals surface area contributed by atoms with Crippen LogP contribution in [-0.2, 0) is 6.61 Å². The van der Waals surface area contributed by atoms with Gasteiger partial charge >= 0.3 is 0 Å². The number of pyridine rings is 1. The highest BCUT2D eigenvalue weighted by molar-refractivity contribution is 6.34. The zero-order valence-electron chi connectivity index (χ0n) is 16.9. The molecular weight excluding hydrogens is 378 g/mol. The van der Waals surface area contributed by atoms with Crippen molar-refractivity contribution in [3.05, 3.63) is 28.8 Å². The van der Waals surface area contributed by atoms with Crippen LogP contribution in [0, 0.1) is 12.3 Å². The SMILES string of the molecule is COc1cncc(-c2nc(CO)c(N3CCC(C)([C@H](C)N)CC3)nc2C)c1Cl. The Balaban J connectivity index is 1.96. The number of ether oxygens (including phenoxy) is 1. The van der Waals surface area contributed by atoms with Crippen LogP contribution >= 0.6 is 11.6 Å². The van der Waals surface area contributed by atoms with Crippen LogP contribution in [-0.4, -0.2) is 46.3 Å². The number of rotatable bonds is 5. The average Bonchev–Trinajstić information content (AvgIpc) is 2.69. The number of aromatic nitrogens is 3. The van der Waals surface area contributed by atoms with Crippen molar-refractivity contribution < 1.29 is 9.84 Å². The monoisotopic (exact) mass is 405 g/mol.